The molecule has 0 saturated carbocycles. The monoisotopic (exact) mass is 336 g/mol. The third-order valence-electron chi connectivity index (χ3n) is 4.89. The Morgan fingerprint density at radius 1 is 1.42 bits per heavy atom. The van der Waals surface area contributed by atoms with Crippen LogP contribution in [-0.4, -0.2) is 55.0 Å². The molecule has 0 bridgehead atoms. The van der Waals surface area contributed by atoms with Gasteiger partial charge in [-0.3, -0.25) is 9.69 Å². The molecule has 6 nitrogen and oxygen atoms in total. The van der Waals surface area contributed by atoms with E-state index < -0.39 is 5.97 Å². The summed E-state index contributed by atoms with van der Waals surface area (Å²) in [5.41, 5.74) is 0.435. The van der Waals surface area contributed by atoms with Crippen molar-refractivity contribution < 1.29 is 18.7 Å². The number of carbonyl (C=O) groups is 2. The predicted molar refractivity (Wildman–Crippen MR) is 90.7 cm³/mol. The second kappa shape index (κ2) is 7.83. The van der Waals surface area contributed by atoms with Crippen molar-refractivity contribution in [2.24, 2.45) is 5.92 Å². The van der Waals surface area contributed by atoms with Crippen LogP contribution in [0.4, 0.5) is 0 Å². The van der Waals surface area contributed by atoms with E-state index >= 15 is 0 Å². The molecule has 1 fully saturated rings. The van der Waals surface area contributed by atoms with Gasteiger partial charge in [-0.15, -0.1) is 0 Å². The second-order valence-electron chi connectivity index (χ2n) is 6.77. The minimum Gasteiger partial charge on any atom is -0.465 e. The van der Waals surface area contributed by atoms with Crippen molar-refractivity contribution in [1.82, 2.24) is 9.80 Å². The summed E-state index contributed by atoms with van der Waals surface area (Å²) in [6.45, 7) is 8.02. The highest BCUT2D eigenvalue weighted by Gasteiger charge is 2.27. The number of methoxy groups -OCH3 is 1. The summed E-state index contributed by atoms with van der Waals surface area (Å²) in [6.07, 6.45) is 2.14. The van der Waals surface area contributed by atoms with Gasteiger partial charge < -0.3 is 14.1 Å². The summed E-state index contributed by atoms with van der Waals surface area (Å²) in [5, 5.41) is 0. The summed E-state index contributed by atoms with van der Waals surface area (Å²) in [5.74, 6) is 1.64. The molecular formula is C18H28N2O4. The van der Waals surface area contributed by atoms with E-state index in [9.17, 15) is 9.59 Å². The molecule has 1 aliphatic heterocycles. The molecule has 1 atom stereocenters. The number of hydrogen-bond acceptors (Lipinski definition) is 5. The number of piperidine rings is 1. The number of amides is 1. The van der Waals surface area contributed by atoms with Crippen molar-refractivity contribution in [3.05, 3.63) is 23.2 Å². The van der Waals surface area contributed by atoms with Crippen LogP contribution in [0.5, 0.6) is 0 Å². The maximum absolute atomic E-state index is 12.6. The normalized spacial score (nSPS) is 17.2. The van der Waals surface area contributed by atoms with E-state index in [2.05, 4.69) is 6.92 Å². The first-order chi connectivity index (χ1) is 11.3. The lowest BCUT2D eigenvalue weighted by atomic mass is 9.99. The Bertz CT molecular complexity index is 588. The van der Waals surface area contributed by atoms with Crippen LogP contribution >= 0.6 is 0 Å². The molecule has 134 valence electrons. The summed E-state index contributed by atoms with van der Waals surface area (Å²) in [7, 11) is 3.24. The van der Waals surface area contributed by atoms with E-state index in [-0.39, 0.29) is 11.9 Å². The van der Waals surface area contributed by atoms with Gasteiger partial charge in [0.25, 0.3) is 0 Å². The third-order valence-corrected chi connectivity index (χ3v) is 4.89. The van der Waals surface area contributed by atoms with Crippen molar-refractivity contribution >= 4 is 11.9 Å². The Balaban J connectivity index is 1.97. The zero-order valence-corrected chi connectivity index (χ0v) is 15.3. The lowest BCUT2D eigenvalue weighted by Crippen LogP contribution is -2.48. The van der Waals surface area contributed by atoms with Crippen LogP contribution in [0.15, 0.2) is 10.5 Å². The van der Waals surface area contributed by atoms with Crippen LogP contribution in [-0.2, 0) is 16.1 Å². The number of esters is 1. The topological polar surface area (TPSA) is 63.0 Å². The maximum atomic E-state index is 12.6. The Kier molecular flexibility index (Phi) is 6.04. The molecule has 1 unspecified atom stereocenters. The molecule has 1 saturated heterocycles. The number of ether oxygens (including phenoxy) is 1. The van der Waals surface area contributed by atoms with Crippen LogP contribution in [0.1, 0.15) is 48.6 Å². The summed E-state index contributed by atoms with van der Waals surface area (Å²) in [4.78, 5) is 28.2. The Morgan fingerprint density at radius 2 is 2.04 bits per heavy atom. The van der Waals surface area contributed by atoms with Crippen LogP contribution in [0, 0.1) is 12.8 Å². The van der Waals surface area contributed by atoms with Gasteiger partial charge in [-0.1, -0.05) is 6.92 Å². The number of likely N-dealkylation sites (N-methyl/N-ethyl adjacent to an activating group) is 1. The van der Waals surface area contributed by atoms with E-state index in [0.717, 1.165) is 25.9 Å². The van der Waals surface area contributed by atoms with Crippen molar-refractivity contribution in [3.8, 4) is 0 Å². The van der Waals surface area contributed by atoms with Gasteiger partial charge in [-0.05, 0) is 45.7 Å². The van der Waals surface area contributed by atoms with Gasteiger partial charge >= 0.3 is 5.97 Å². The van der Waals surface area contributed by atoms with Gasteiger partial charge in [0, 0.05) is 13.1 Å². The number of likely N-dealkylation sites (tertiary alicyclic amines) is 1. The van der Waals surface area contributed by atoms with Crippen molar-refractivity contribution in [2.45, 2.75) is 46.2 Å². The first kappa shape index (κ1) is 18.5. The van der Waals surface area contributed by atoms with Crippen LogP contribution in [0.2, 0.25) is 0 Å². The fourth-order valence-electron chi connectivity index (χ4n) is 3.00. The van der Waals surface area contributed by atoms with Crippen LogP contribution in [0.25, 0.3) is 0 Å². The van der Waals surface area contributed by atoms with E-state index in [1.54, 1.807) is 13.0 Å². The van der Waals surface area contributed by atoms with Crippen LogP contribution < -0.4 is 0 Å². The molecule has 1 aromatic rings. The Labute approximate surface area is 143 Å². The van der Waals surface area contributed by atoms with Crippen molar-refractivity contribution in [2.75, 3.05) is 27.2 Å². The quantitative estimate of drug-likeness (QED) is 0.773. The highest BCUT2D eigenvalue weighted by Crippen LogP contribution is 2.20. The molecule has 0 spiro atoms. The molecular weight excluding hydrogens is 308 g/mol. The average Bonchev–Trinajstić information content (AvgIpc) is 2.93. The SMILES string of the molecule is COC(=O)c1cc(CN(C)C(C)C(=O)N2CCC(C)CC2)oc1C. The fourth-order valence-corrected chi connectivity index (χ4v) is 3.00. The second-order valence-corrected chi connectivity index (χ2v) is 6.77. The summed E-state index contributed by atoms with van der Waals surface area (Å²) in [6, 6.07) is 1.46. The lowest BCUT2D eigenvalue weighted by molar-refractivity contribution is -0.137. The lowest BCUT2D eigenvalue weighted by Gasteiger charge is -2.34. The zero-order valence-electron chi connectivity index (χ0n) is 15.3. The van der Waals surface area contributed by atoms with Gasteiger partial charge in [-0.25, -0.2) is 4.79 Å². The van der Waals surface area contributed by atoms with Crippen LogP contribution in [0.3, 0.4) is 0 Å². The van der Waals surface area contributed by atoms with Gasteiger partial charge in [0.15, 0.2) is 0 Å². The number of hydrogen-bond donors (Lipinski definition) is 0. The standard InChI is InChI=1S/C18H28N2O4/c1-12-6-8-20(9-7-12)17(21)13(2)19(4)11-15-10-16(14(3)24-15)18(22)23-5/h10,12-13H,6-9,11H2,1-5H3. The molecule has 6 heteroatoms. The van der Waals surface area contributed by atoms with Gasteiger partial charge in [0.05, 0.1) is 19.7 Å². The number of furan rings is 1. The molecule has 1 aliphatic rings. The van der Waals surface area contributed by atoms with Crippen molar-refractivity contribution in [1.29, 1.82) is 0 Å². The van der Waals surface area contributed by atoms with Gasteiger partial charge in [0.2, 0.25) is 5.91 Å². The molecule has 2 heterocycles. The van der Waals surface area contributed by atoms with E-state index in [1.165, 1.54) is 7.11 Å². The van der Waals surface area contributed by atoms with Gasteiger partial charge in [0.1, 0.15) is 17.1 Å². The molecule has 0 radical (unpaired) electrons. The van der Waals surface area contributed by atoms with E-state index in [1.807, 2.05) is 23.8 Å². The first-order valence-electron chi connectivity index (χ1n) is 8.50. The van der Waals surface area contributed by atoms with E-state index in [4.69, 9.17) is 9.15 Å². The number of nitrogens with zero attached hydrogens (tertiary/aromatic N) is 2. The number of carbonyl (C=O) groups excluding carboxylic acids is 2. The fraction of sp³-hybridized carbons (Fsp3) is 0.667. The smallest absolute Gasteiger partial charge is 0.341 e. The van der Waals surface area contributed by atoms with E-state index in [0.29, 0.717) is 29.5 Å². The molecule has 1 amide bonds. The minimum absolute atomic E-state index is 0.154. The molecule has 1 aromatic heterocycles. The average molecular weight is 336 g/mol. The summed E-state index contributed by atoms with van der Waals surface area (Å²) >= 11 is 0. The predicted octanol–water partition coefficient (Wildman–Crippen LogP) is 2.45. The summed E-state index contributed by atoms with van der Waals surface area (Å²) < 4.78 is 10.4. The highest BCUT2D eigenvalue weighted by molar-refractivity contribution is 5.90. The highest BCUT2D eigenvalue weighted by atomic mass is 16.5. The molecule has 0 N–H and O–H groups in total. The maximum Gasteiger partial charge on any atom is 0.341 e. The zero-order chi connectivity index (χ0) is 17.9. The molecule has 0 aromatic carbocycles. The van der Waals surface area contributed by atoms with Gasteiger partial charge in [-0.2, -0.15) is 0 Å². The molecule has 2 rings (SSSR count). The first-order valence-corrected chi connectivity index (χ1v) is 8.50. The van der Waals surface area contributed by atoms with Crippen molar-refractivity contribution in [3.63, 3.8) is 0 Å². The Morgan fingerprint density at radius 3 is 2.62 bits per heavy atom. The molecule has 24 heavy (non-hydrogen) atoms. The third kappa shape index (κ3) is 4.17. The largest absolute Gasteiger partial charge is 0.465 e. The number of rotatable bonds is 5. The Hall–Kier alpha value is -1.82. The molecule has 0 aliphatic carbocycles. The number of aryl methyl sites for hydroxylation is 1. The minimum atomic E-state index is -0.406.